The van der Waals surface area contributed by atoms with Crippen molar-refractivity contribution in [2.24, 2.45) is 0 Å². The van der Waals surface area contributed by atoms with Gasteiger partial charge in [0.2, 0.25) is 0 Å². The summed E-state index contributed by atoms with van der Waals surface area (Å²) in [5, 5.41) is 10.3. The number of hydrogen-bond acceptors (Lipinski definition) is 3. The van der Waals surface area contributed by atoms with Crippen LogP contribution in [0.3, 0.4) is 0 Å². The van der Waals surface area contributed by atoms with Crippen LogP contribution in [0.25, 0.3) is 0 Å². The summed E-state index contributed by atoms with van der Waals surface area (Å²) in [6, 6.07) is 16.5. The van der Waals surface area contributed by atoms with Gasteiger partial charge in [0, 0.05) is 19.6 Å². The lowest BCUT2D eigenvalue weighted by atomic mass is 10.00. The quantitative estimate of drug-likeness (QED) is 0.794. The van der Waals surface area contributed by atoms with Crippen LogP contribution < -0.4 is 4.74 Å². The molecule has 1 unspecified atom stereocenters. The number of benzene rings is 2. The van der Waals surface area contributed by atoms with Crippen molar-refractivity contribution in [3.05, 3.63) is 77.9 Å². The van der Waals surface area contributed by atoms with Gasteiger partial charge in [0.15, 0.2) is 0 Å². The molecule has 24 heavy (non-hydrogen) atoms. The molecule has 3 nitrogen and oxygen atoms in total. The van der Waals surface area contributed by atoms with E-state index in [0.717, 1.165) is 37.2 Å². The fraction of sp³-hybridized carbons (Fsp3) is 0.333. The third-order valence-corrected chi connectivity index (χ3v) is 4.45. The maximum Gasteiger partial charge on any atom is 0.122 e. The van der Waals surface area contributed by atoms with Gasteiger partial charge in [0.1, 0.15) is 18.5 Å². The normalized spacial score (nSPS) is 15.5. The van der Waals surface area contributed by atoms with Gasteiger partial charge in [-0.1, -0.05) is 48.5 Å². The van der Waals surface area contributed by atoms with Gasteiger partial charge in [-0.15, -0.1) is 6.58 Å². The van der Waals surface area contributed by atoms with Gasteiger partial charge in [-0.05, 0) is 35.6 Å². The Morgan fingerprint density at radius 2 is 1.88 bits per heavy atom. The summed E-state index contributed by atoms with van der Waals surface area (Å²) in [6.45, 7) is 6.62. The number of β-amino-alcohol motifs (C(OH)–C–C–N with tert-alkyl or cyclic N) is 1. The van der Waals surface area contributed by atoms with Crippen LogP contribution in [0.4, 0.5) is 0 Å². The average molecular weight is 323 g/mol. The Balaban J connectivity index is 1.52. The highest BCUT2D eigenvalue weighted by Crippen LogP contribution is 2.20. The fourth-order valence-electron chi connectivity index (χ4n) is 3.22. The maximum absolute atomic E-state index is 10.3. The second-order valence-electron chi connectivity index (χ2n) is 6.32. The Bertz CT molecular complexity index is 683. The minimum absolute atomic E-state index is 0.312. The second kappa shape index (κ2) is 8.13. The number of nitrogens with zero attached hydrogens (tertiary/aromatic N) is 1. The fourth-order valence-corrected chi connectivity index (χ4v) is 3.22. The van der Waals surface area contributed by atoms with Crippen LogP contribution >= 0.6 is 0 Å². The van der Waals surface area contributed by atoms with Crippen LogP contribution in [0.5, 0.6) is 5.75 Å². The second-order valence-corrected chi connectivity index (χ2v) is 6.32. The van der Waals surface area contributed by atoms with E-state index in [4.69, 9.17) is 4.74 Å². The number of fused-ring (bicyclic) bond motifs is 1. The van der Waals surface area contributed by atoms with E-state index in [1.54, 1.807) is 0 Å². The van der Waals surface area contributed by atoms with Crippen LogP contribution in [0.2, 0.25) is 0 Å². The van der Waals surface area contributed by atoms with Crippen LogP contribution in [0.1, 0.15) is 16.7 Å². The van der Waals surface area contributed by atoms with Gasteiger partial charge in [-0.2, -0.15) is 0 Å². The Morgan fingerprint density at radius 3 is 2.71 bits per heavy atom. The standard InChI is InChI=1S/C21H25NO2/c1-2-7-18-9-5-6-11-21(18)24-16-20(23)15-22-13-12-17-8-3-4-10-19(17)14-22/h2-6,8-11,20,23H,1,7,12-16H2. The summed E-state index contributed by atoms with van der Waals surface area (Å²) in [4.78, 5) is 2.30. The molecular weight excluding hydrogens is 298 g/mol. The molecule has 2 aromatic carbocycles. The van der Waals surface area contributed by atoms with E-state index >= 15 is 0 Å². The van der Waals surface area contributed by atoms with E-state index in [1.807, 2.05) is 30.3 Å². The molecule has 0 saturated carbocycles. The van der Waals surface area contributed by atoms with Crippen LogP contribution in [-0.4, -0.2) is 35.8 Å². The van der Waals surface area contributed by atoms with Crippen LogP contribution in [0.15, 0.2) is 61.2 Å². The third kappa shape index (κ3) is 4.25. The first kappa shape index (κ1) is 16.7. The molecule has 1 heterocycles. The molecule has 0 radical (unpaired) electrons. The highest BCUT2D eigenvalue weighted by molar-refractivity contribution is 5.34. The lowest BCUT2D eigenvalue weighted by Gasteiger charge is -2.30. The molecule has 1 aliphatic heterocycles. The Labute approximate surface area is 144 Å². The third-order valence-electron chi connectivity index (χ3n) is 4.45. The number of allylic oxidation sites excluding steroid dienone is 1. The number of rotatable bonds is 7. The monoisotopic (exact) mass is 323 g/mol. The zero-order valence-electron chi connectivity index (χ0n) is 14.0. The predicted molar refractivity (Wildman–Crippen MR) is 97.3 cm³/mol. The molecule has 3 heteroatoms. The van der Waals surface area contributed by atoms with Gasteiger partial charge in [-0.3, -0.25) is 4.90 Å². The van der Waals surface area contributed by atoms with Gasteiger partial charge < -0.3 is 9.84 Å². The Morgan fingerprint density at radius 1 is 1.12 bits per heavy atom. The molecule has 1 aliphatic rings. The highest BCUT2D eigenvalue weighted by atomic mass is 16.5. The molecular formula is C21H25NO2. The summed E-state index contributed by atoms with van der Waals surface area (Å²) < 4.78 is 5.84. The zero-order chi connectivity index (χ0) is 16.8. The molecule has 0 bridgehead atoms. The summed E-state index contributed by atoms with van der Waals surface area (Å²) in [7, 11) is 0. The molecule has 0 fully saturated rings. The molecule has 3 rings (SSSR count). The largest absolute Gasteiger partial charge is 0.491 e. The van der Waals surface area contributed by atoms with Crippen molar-refractivity contribution >= 4 is 0 Å². The number of hydrogen-bond donors (Lipinski definition) is 1. The molecule has 126 valence electrons. The maximum atomic E-state index is 10.3. The highest BCUT2D eigenvalue weighted by Gasteiger charge is 2.18. The van der Waals surface area contributed by atoms with Crippen molar-refractivity contribution in [1.29, 1.82) is 0 Å². The van der Waals surface area contributed by atoms with E-state index in [2.05, 4.69) is 35.7 Å². The number of ether oxygens (including phenoxy) is 1. The lowest BCUT2D eigenvalue weighted by molar-refractivity contribution is 0.0635. The number of para-hydroxylation sites is 1. The van der Waals surface area contributed by atoms with E-state index in [1.165, 1.54) is 11.1 Å². The summed E-state index contributed by atoms with van der Waals surface area (Å²) >= 11 is 0. The molecule has 1 atom stereocenters. The van der Waals surface area contributed by atoms with Crippen molar-refractivity contribution in [3.63, 3.8) is 0 Å². The number of aliphatic hydroxyl groups is 1. The molecule has 2 aromatic rings. The van der Waals surface area contributed by atoms with E-state index in [-0.39, 0.29) is 0 Å². The molecule has 0 spiro atoms. The van der Waals surface area contributed by atoms with Gasteiger partial charge in [0.05, 0.1) is 0 Å². The summed E-state index contributed by atoms with van der Waals surface area (Å²) in [6.07, 6.45) is 3.19. The molecule has 0 saturated heterocycles. The molecule has 1 N–H and O–H groups in total. The molecule has 0 amide bonds. The van der Waals surface area contributed by atoms with Crippen molar-refractivity contribution < 1.29 is 9.84 Å². The average Bonchev–Trinajstić information content (AvgIpc) is 2.61. The van der Waals surface area contributed by atoms with Crippen molar-refractivity contribution in [2.75, 3.05) is 19.7 Å². The van der Waals surface area contributed by atoms with Gasteiger partial charge >= 0.3 is 0 Å². The first-order valence-electron chi connectivity index (χ1n) is 8.55. The minimum atomic E-state index is -0.493. The van der Waals surface area contributed by atoms with Crippen molar-refractivity contribution in [1.82, 2.24) is 4.90 Å². The first-order valence-corrected chi connectivity index (χ1v) is 8.55. The SMILES string of the molecule is C=CCc1ccccc1OCC(O)CN1CCc2ccccc2C1. The topological polar surface area (TPSA) is 32.7 Å². The van der Waals surface area contributed by atoms with Crippen molar-refractivity contribution in [2.45, 2.75) is 25.5 Å². The summed E-state index contributed by atoms with van der Waals surface area (Å²) in [5.74, 6) is 0.834. The van der Waals surface area contributed by atoms with Crippen molar-refractivity contribution in [3.8, 4) is 5.75 Å². The van der Waals surface area contributed by atoms with Gasteiger partial charge in [0.25, 0.3) is 0 Å². The lowest BCUT2D eigenvalue weighted by Crippen LogP contribution is -2.38. The predicted octanol–water partition coefficient (Wildman–Crippen LogP) is 3.21. The number of aliphatic hydroxyl groups excluding tert-OH is 1. The Kier molecular flexibility index (Phi) is 5.68. The summed E-state index contributed by atoms with van der Waals surface area (Å²) in [5.41, 5.74) is 3.90. The van der Waals surface area contributed by atoms with Crippen LogP contribution in [-0.2, 0) is 19.4 Å². The van der Waals surface area contributed by atoms with Crippen LogP contribution in [0, 0.1) is 0 Å². The van der Waals surface area contributed by atoms with Gasteiger partial charge in [-0.25, -0.2) is 0 Å². The minimum Gasteiger partial charge on any atom is -0.491 e. The molecule has 0 aromatic heterocycles. The first-order chi connectivity index (χ1) is 11.8. The Hall–Kier alpha value is -2.10. The van der Waals surface area contributed by atoms with E-state index in [0.29, 0.717) is 13.2 Å². The van der Waals surface area contributed by atoms with E-state index < -0.39 is 6.10 Å². The smallest absolute Gasteiger partial charge is 0.122 e. The van der Waals surface area contributed by atoms with E-state index in [9.17, 15) is 5.11 Å². The molecule has 0 aliphatic carbocycles. The zero-order valence-corrected chi connectivity index (χ0v) is 14.0.